The van der Waals surface area contributed by atoms with E-state index in [1.165, 1.54) is 128 Å². The Hall–Kier alpha value is -1.94. The van der Waals surface area contributed by atoms with Crippen LogP contribution in [0.2, 0.25) is 0 Å². The van der Waals surface area contributed by atoms with Gasteiger partial charge in [0, 0.05) is 25.7 Å². The molecule has 0 aliphatic heterocycles. The van der Waals surface area contributed by atoms with Crippen LogP contribution in [0.25, 0.3) is 0 Å². The molecular weight excluding hydrogens is 1150 g/mol. The molecule has 3 unspecified atom stereocenters. The van der Waals surface area contributed by atoms with Gasteiger partial charge < -0.3 is 33.8 Å². The number of hydrogen-bond donors (Lipinski definition) is 3. The molecule has 0 aliphatic rings. The Labute approximate surface area is 530 Å². The summed E-state index contributed by atoms with van der Waals surface area (Å²) in [5.74, 6) is 0.793. The van der Waals surface area contributed by atoms with Crippen LogP contribution in [0.5, 0.6) is 0 Å². The molecule has 0 aliphatic carbocycles. The molecule has 0 saturated carbocycles. The average molecular weight is 1280 g/mol. The highest BCUT2D eigenvalue weighted by atomic mass is 31.2. The predicted molar refractivity (Wildman–Crippen MR) is 349 cm³/mol. The van der Waals surface area contributed by atoms with E-state index in [4.69, 9.17) is 37.0 Å². The first kappa shape index (κ1) is 85.1. The quantitative estimate of drug-likeness (QED) is 0.0222. The number of rotatable bonds is 65. The van der Waals surface area contributed by atoms with Gasteiger partial charge in [0.25, 0.3) is 0 Å². The monoisotopic (exact) mass is 1280 g/mol. The van der Waals surface area contributed by atoms with E-state index in [0.717, 1.165) is 114 Å². The molecule has 0 radical (unpaired) electrons. The van der Waals surface area contributed by atoms with Crippen LogP contribution < -0.4 is 0 Å². The van der Waals surface area contributed by atoms with Crippen molar-refractivity contribution >= 4 is 39.5 Å². The van der Waals surface area contributed by atoms with Gasteiger partial charge in [-0.05, 0) is 49.4 Å². The van der Waals surface area contributed by atoms with Gasteiger partial charge in [-0.15, -0.1) is 0 Å². The molecule has 3 N–H and O–H groups in total. The molecule has 0 bridgehead atoms. The number of carbonyl (C=O) groups excluding carboxylic acids is 4. The maximum atomic E-state index is 13.0. The first-order chi connectivity index (χ1) is 41.6. The van der Waals surface area contributed by atoms with Gasteiger partial charge in [-0.2, -0.15) is 0 Å². The predicted octanol–water partition coefficient (Wildman–Crippen LogP) is 18.9. The van der Waals surface area contributed by atoms with Crippen molar-refractivity contribution in [1.82, 2.24) is 0 Å². The van der Waals surface area contributed by atoms with Gasteiger partial charge in [-0.25, -0.2) is 9.13 Å². The van der Waals surface area contributed by atoms with E-state index in [0.29, 0.717) is 31.6 Å². The molecule has 0 heterocycles. The Balaban J connectivity index is 5.24. The van der Waals surface area contributed by atoms with Gasteiger partial charge in [-0.1, -0.05) is 280 Å². The van der Waals surface area contributed by atoms with Crippen LogP contribution in [0.3, 0.4) is 0 Å². The third kappa shape index (κ3) is 61.3. The van der Waals surface area contributed by atoms with E-state index in [1.54, 1.807) is 0 Å². The van der Waals surface area contributed by atoms with Crippen molar-refractivity contribution in [1.29, 1.82) is 0 Å². The molecule has 19 heteroatoms. The maximum absolute atomic E-state index is 13.0. The fraction of sp³-hybridized carbons (Fsp3) is 0.941. The Kier molecular flexibility index (Phi) is 56.6. The Morgan fingerprint density at radius 1 is 0.322 bits per heavy atom. The van der Waals surface area contributed by atoms with Gasteiger partial charge in [-0.3, -0.25) is 37.3 Å². The van der Waals surface area contributed by atoms with E-state index in [-0.39, 0.29) is 25.7 Å². The number of esters is 4. The SMILES string of the molecule is CCC(C)CCCCCCCCC(=O)O[C@H](COC(=O)CCCCCCCCC(C)C)COP(=O)(O)OC[C@H](O)COP(=O)(O)OC[C@@H](COC(=O)CCCCCCCCCCCC(C)C)OC(=O)CCCCCCCCCCCCCCCC(C)C. The van der Waals surface area contributed by atoms with Crippen LogP contribution in [0.15, 0.2) is 0 Å². The molecule has 0 fully saturated rings. The highest BCUT2D eigenvalue weighted by Crippen LogP contribution is 2.45. The lowest BCUT2D eigenvalue weighted by Gasteiger charge is -2.21. The smallest absolute Gasteiger partial charge is 0.462 e. The van der Waals surface area contributed by atoms with E-state index >= 15 is 0 Å². The first-order valence-corrected chi connectivity index (χ1v) is 38.2. The van der Waals surface area contributed by atoms with Crippen molar-refractivity contribution in [2.75, 3.05) is 39.6 Å². The fourth-order valence-corrected chi connectivity index (χ4v) is 11.7. The van der Waals surface area contributed by atoms with E-state index in [2.05, 4.69) is 55.4 Å². The zero-order valence-electron chi connectivity index (χ0n) is 56.6. The lowest BCUT2D eigenvalue weighted by molar-refractivity contribution is -0.161. The molecule has 0 aromatic heterocycles. The number of unbranched alkanes of at least 4 members (excludes halogenated alkanes) is 30. The molecule has 17 nitrogen and oxygen atoms in total. The number of aliphatic hydroxyl groups excluding tert-OH is 1. The summed E-state index contributed by atoms with van der Waals surface area (Å²) in [4.78, 5) is 72.4. The molecule has 87 heavy (non-hydrogen) atoms. The minimum atomic E-state index is -4.95. The molecule has 0 spiro atoms. The summed E-state index contributed by atoms with van der Waals surface area (Å²) in [5, 5.41) is 10.6. The van der Waals surface area contributed by atoms with Gasteiger partial charge in [0.15, 0.2) is 12.2 Å². The largest absolute Gasteiger partial charge is 0.472 e. The Morgan fingerprint density at radius 3 is 0.816 bits per heavy atom. The third-order valence-electron chi connectivity index (χ3n) is 15.9. The normalized spacial score (nSPS) is 14.6. The second-order valence-electron chi connectivity index (χ2n) is 26.2. The van der Waals surface area contributed by atoms with E-state index < -0.39 is 97.5 Å². The summed E-state index contributed by atoms with van der Waals surface area (Å²) < 4.78 is 68.1. The molecular formula is C68H132O17P2. The molecule has 0 saturated heterocycles. The summed E-state index contributed by atoms with van der Waals surface area (Å²) in [6, 6.07) is 0. The minimum Gasteiger partial charge on any atom is -0.462 e. The third-order valence-corrected chi connectivity index (χ3v) is 17.8. The maximum Gasteiger partial charge on any atom is 0.472 e. The van der Waals surface area contributed by atoms with E-state index in [1.807, 2.05) is 0 Å². The number of ether oxygens (including phenoxy) is 4. The summed E-state index contributed by atoms with van der Waals surface area (Å²) >= 11 is 0. The molecule has 0 amide bonds. The zero-order valence-corrected chi connectivity index (χ0v) is 58.4. The van der Waals surface area contributed by atoms with Crippen LogP contribution in [0, 0.1) is 23.7 Å². The first-order valence-electron chi connectivity index (χ1n) is 35.2. The summed E-state index contributed by atoms with van der Waals surface area (Å²) in [5.41, 5.74) is 0. The van der Waals surface area contributed by atoms with Crippen molar-refractivity contribution in [3.8, 4) is 0 Å². The number of aliphatic hydroxyl groups is 1. The zero-order chi connectivity index (χ0) is 64.7. The molecule has 6 atom stereocenters. The standard InChI is InChI=1S/C68H132O17P2/c1-9-61(8)47-39-31-25-27-35-43-51-68(73)85-64(55-79-66(71)49-41-33-26-24-30-38-46-60(6)7)57-83-87(76,77)81-53-62(69)52-80-86(74,75)82-56-63(54-78-65(70)48-40-32-22-19-15-17-21-29-37-45-59(4)5)84-67(72)50-42-34-23-18-14-12-10-11-13-16-20-28-36-44-58(2)3/h58-64,69H,9-57H2,1-8H3,(H,74,75)(H,76,77)/t61?,62-,63-,64-/m1/s1. The Bertz CT molecular complexity index is 1730. The van der Waals surface area contributed by atoms with Crippen molar-refractivity contribution in [2.45, 2.75) is 350 Å². The van der Waals surface area contributed by atoms with Crippen molar-refractivity contribution in [3.63, 3.8) is 0 Å². The second-order valence-corrected chi connectivity index (χ2v) is 29.1. The van der Waals surface area contributed by atoms with Gasteiger partial charge >= 0.3 is 39.5 Å². The van der Waals surface area contributed by atoms with E-state index in [9.17, 15) is 43.2 Å². The van der Waals surface area contributed by atoms with Crippen molar-refractivity contribution < 1.29 is 80.2 Å². The number of hydrogen-bond acceptors (Lipinski definition) is 15. The van der Waals surface area contributed by atoms with Crippen LogP contribution >= 0.6 is 15.6 Å². The van der Waals surface area contributed by atoms with Crippen LogP contribution in [0.4, 0.5) is 0 Å². The number of phosphoric ester groups is 2. The highest BCUT2D eigenvalue weighted by Gasteiger charge is 2.30. The van der Waals surface area contributed by atoms with Crippen LogP contribution in [0.1, 0.15) is 331 Å². The molecule has 0 aromatic rings. The minimum absolute atomic E-state index is 0.101. The number of phosphoric acid groups is 2. The lowest BCUT2D eigenvalue weighted by atomic mass is 10.00. The van der Waals surface area contributed by atoms with Crippen LogP contribution in [-0.2, 0) is 65.4 Å². The second kappa shape index (κ2) is 57.9. The van der Waals surface area contributed by atoms with Gasteiger partial charge in [0.05, 0.1) is 26.4 Å². The van der Waals surface area contributed by atoms with Crippen molar-refractivity contribution in [3.05, 3.63) is 0 Å². The summed E-state index contributed by atoms with van der Waals surface area (Å²) in [6.07, 6.45) is 39.1. The van der Waals surface area contributed by atoms with Crippen LogP contribution in [-0.4, -0.2) is 96.7 Å². The van der Waals surface area contributed by atoms with Gasteiger partial charge in [0.2, 0.25) is 0 Å². The average Bonchev–Trinajstić information content (AvgIpc) is 3.57. The summed E-state index contributed by atoms with van der Waals surface area (Å²) in [6.45, 7) is 14.0. The van der Waals surface area contributed by atoms with Crippen molar-refractivity contribution in [2.24, 2.45) is 23.7 Å². The topological polar surface area (TPSA) is 237 Å². The van der Waals surface area contributed by atoms with Gasteiger partial charge in [0.1, 0.15) is 19.3 Å². The fourth-order valence-electron chi connectivity index (χ4n) is 10.1. The highest BCUT2D eigenvalue weighted by molar-refractivity contribution is 7.47. The lowest BCUT2D eigenvalue weighted by Crippen LogP contribution is -2.30. The number of carbonyl (C=O) groups is 4. The Morgan fingerprint density at radius 2 is 0.552 bits per heavy atom. The molecule has 516 valence electrons. The molecule has 0 aromatic carbocycles. The summed E-state index contributed by atoms with van der Waals surface area (Å²) in [7, 11) is -9.90. The molecule has 0 rings (SSSR count).